The van der Waals surface area contributed by atoms with E-state index in [-0.39, 0.29) is 6.15 Å². The highest BCUT2D eigenvalue weighted by Gasteiger charge is 2.92. The molecule has 0 radical (unpaired) electrons. The third kappa shape index (κ3) is 3.19. The molecule has 0 amide bonds. The van der Waals surface area contributed by atoms with Gasteiger partial charge in [-0.25, -0.2) is 4.39 Å². The molecule has 4 nitrogen and oxygen atoms in total. The Morgan fingerprint density at radius 2 is 0.962 bits per heavy atom. The van der Waals surface area contributed by atoms with Crippen LogP contribution in [0.15, 0.2) is 0 Å². The van der Waals surface area contributed by atoms with Crippen molar-refractivity contribution in [3.8, 4) is 0 Å². The molecule has 0 aromatic rings. The minimum atomic E-state index is -8.19. The molecule has 0 aliphatic rings. The summed E-state index contributed by atoms with van der Waals surface area (Å²) in [6.07, 6.45) is -4.35. The lowest BCUT2D eigenvalue weighted by molar-refractivity contribution is -0.421. The SMILES string of the molecule is CC(F)C(F)(F)C(F)(F)C(F)(F)C(F)(F)C(F)(F)C(F)(F)S(=O)(=O)O.N. The van der Waals surface area contributed by atoms with Gasteiger partial charge in [0.1, 0.15) is 0 Å². The molecule has 0 aromatic heterocycles. The Balaban J connectivity index is 0. The fourth-order valence-corrected chi connectivity index (χ4v) is 1.65. The lowest BCUT2D eigenvalue weighted by atomic mass is 9.92. The number of halogens is 13. The minimum absolute atomic E-state index is 0. The van der Waals surface area contributed by atoms with E-state index in [1.807, 2.05) is 0 Å². The van der Waals surface area contributed by atoms with E-state index in [2.05, 4.69) is 0 Å². The minimum Gasteiger partial charge on any atom is -0.344 e. The monoisotopic (exact) mass is 445 g/mol. The highest BCUT2D eigenvalue weighted by molar-refractivity contribution is 7.87. The quantitative estimate of drug-likeness (QED) is 0.455. The summed E-state index contributed by atoms with van der Waals surface area (Å²) in [5.41, 5.74) is 0. The van der Waals surface area contributed by atoms with Crippen molar-refractivity contribution >= 4 is 10.1 Å². The fraction of sp³-hybridized carbons (Fsp3) is 1.00. The second-order valence-electron chi connectivity index (χ2n) is 4.53. The first-order valence-electron chi connectivity index (χ1n) is 5.32. The van der Waals surface area contributed by atoms with E-state index < -0.39 is 58.1 Å². The van der Waals surface area contributed by atoms with Crippen LogP contribution in [0.3, 0.4) is 0 Å². The highest BCUT2D eigenvalue weighted by Crippen LogP contribution is 2.61. The van der Waals surface area contributed by atoms with Crippen LogP contribution in [0.1, 0.15) is 6.92 Å². The van der Waals surface area contributed by atoms with Gasteiger partial charge in [-0.3, -0.25) is 4.55 Å². The molecule has 0 rings (SSSR count). The van der Waals surface area contributed by atoms with Crippen molar-refractivity contribution in [3.63, 3.8) is 0 Å². The fourth-order valence-electron chi connectivity index (χ4n) is 1.20. The first-order chi connectivity index (χ1) is 10.4. The van der Waals surface area contributed by atoms with Crippen molar-refractivity contribution in [1.29, 1.82) is 0 Å². The van der Waals surface area contributed by atoms with Crippen molar-refractivity contribution in [3.05, 3.63) is 0 Å². The molecule has 0 aliphatic carbocycles. The number of alkyl halides is 13. The van der Waals surface area contributed by atoms with Gasteiger partial charge in [-0.2, -0.15) is 61.1 Å². The summed E-state index contributed by atoms with van der Waals surface area (Å²) in [4.78, 5) is 0. The molecule has 0 bridgehead atoms. The van der Waals surface area contributed by atoms with E-state index >= 15 is 0 Å². The summed E-state index contributed by atoms with van der Waals surface area (Å²) in [6, 6.07) is 0. The van der Waals surface area contributed by atoms with E-state index in [0.717, 1.165) is 0 Å². The molecule has 160 valence electrons. The second-order valence-corrected chi connectivity index (χ2v) is 5.99. The second kappa shape index (κ2) is 6.54. The van der Waals surface area contributed by atoms with Crippen LogP contribution in [0.4, 0.5) is 57.1 Å². The van der Waals surface area contributed by atoms with Crippen LogP contribution in [-0.4, -0.2) is 54.0 Å². The molecule has 4 N–H and O–H groups in total. The van der Waals surface area contributed by atoms with Crippen LogP contribution >= 0.6 is 0 Å². The van der Waals surface area contributed by atoms with Gasteiger partial charge in [0.15, 0.2) is 6.17 Å². The Morgan fingerprint density at radius 1 is 0.692 bits per heavy atom. The zero-order valence-corrected chi connectivity index (χ0v) is 12.7. The van der Waals surface area contributed by atoms with Crippen LogP contribution in [0.5, 0.6) is 0 Å². The van der Waals surface area contributed by atoms with Crippen LogP contribution in [0.25, 0.3) is 0 Å². The predicted molar refractivity (Wildman–Crippen MR) is 56.8 cm³/mol. The van der Waals surface area contributed by atoms with Crippen LogP contribution in [-0.2, 0) is 10.1 Å². The molecule has 0 fully saturated rings. The van der Waals surface area contributed by atoms with Gasteiger partial charge < -0.3 is 6.15 Å². The summed E-state index contributed by atoms with van der Waals surface area (Å²) < 4.78 is 195. The van der Waals surface area contributed by atoms with Crippen molar-refractivity contribution in [2.24, 2.45) is 0 Å². The third-order valence-corrected chi connectivity index (χ3v) is 3.70. The first kappa shape index (κ1) is 27.2. The molecule has 0 saturated carbocycles. The van der Waals surface area contributed by atoms with Gasteiger partial charge in [0.2, 0.25) is 0 Å². The number of rotatable bonds is 7. The van der Waals surface area contributed by atoms with E-state index in [0.29, 0.717) is 0 Å². The number of hydrogen-bond donors (Lipinski definition) is 2. The highest BCUT2D eigenvalue weighted by atomic mass is 32.2. The van der Waals surface area contributed by atoms with Crippen LogP contribution < -0.4 is 6.15 Å². The normalized spacial score (nSPS) is 16.9. The van der Waals surface area contributed by atoms with Gasteiger partial charge in [-0.05, 0) is 6.92 Å². The zero-order chi connectivity index (χ0) is 21.1. The summed E-state index contributed by atoms with van der Waals surface area (Å²) in [7, 11) is -7.60. The Kier molecular flexibility index (Phi) is 6.83. The molecule has 0 spiro atoms. The van der Waals surface area contributed by atoms with Gasteiger partial charge in [0.05, 0.1) is 0 Å². The summed E-state index contributed by atoms with van der Waals surface area (Å²) in [5.74, 6) is -38.8. The standard InChI is InChI=1S/C8H5F13O3S.H3N/c1-2(9)3(10,11)4(12,13)5(14,15)6(16,17)7(18,19)8(20,21)25(22,23)24;/h2H,1H3,(H,22,23,24);1H3. The molecule has 0 heterocycles. The predicted octanol–water partition coefficient (Wildman–Crippen LogP) is 4.16. The Morgan fingerprint density at radius 3 is 1.19 bits per heavy atom. The van der Waals surface area contributed by atoms with Crippen molar-refractivity contribution < 1.29 is 70.0 Å². The van der Waals surface area contributed by atoms with Gasteiger partial charge in [-0.1, -0.05) is 0 Å². The van der Waals surface area contributed by atoms with Crippen LogP contribution in [0.2, 0.25) is 0 Å². The summed E-state index contributed by atoms with van der Waals surface area (Å²) in [6.45, 7) is -0.562. The third-order valence-electron chi connectivity index (χ3n) is 2.79. The molecule has 26 heavy (non-hydrogen) atoms. The maximum Gasteiger partial charge on any atom is 0.438 e. The topological polar surface area (TPSA) is 89.4 Å². The molecule has 1 unspecified atom stereocenters. The number of hydrogen-bond acceptors (Lipinski definition) is 3. The molecule has 0 saturated heterocycles. The molecule has 18 heteroatoms. The van der Waals surface area contributed by atoms with E-state index in [9.17, 15) is 65.5 Å². The van der Waals surface area contributed by atoms with E-state index in [1.54, 1.807) is 0 Å². The molecule has 1 atom stereocenters. The molecule has 0 aromatic carbocycles. The average molecular weight is 445 g/mol. The molecule has 0 aliphatic heterocycles. The first-order valence-corrected chi connectivity index (χ1v) is 6.76. The summed E-state index contributed by atoms with van der Waals surface area (Å²) in [5, 5.41) is -7.50. The van der Waals surface area contributed by atoms with E-state index in [4.69, 9.17) is 4.55 Å². The molecular formula is C8H8F13NO3S. The smallest absolute Gasteiger partial charge is 0.344 e. The maximum absolute atomic E-state index is 13.0. The van der Waals surface area contributed by atoms with Gasteiger partial charge in [0, 0.05) is 0 Å². The zero-order valence-electron chi connectivity index (χ0n) is 11.9. The largest absolute Gasteiger partial charge is 0.438 e. The average Bonchev–Trinajstić information content (AvgIpc) is 2.35. The van der Waals surface area contributed by atoms with E-state index in [1.165, 1.54) is 0 Å². The van der Waals surface area contributed by atoms with Crippen LogP contribution in [0, 0.1) is 0 Å². The Labute approximate surface area is 135 Å². The van der Waals surface area contributed by atoms with Crippen molar-refractivity contribution in [1.82, 2.24) is 6.15 Å². The van der Waals surface area contributed by atoms with Crippen molar-refractivity contribution in [2.75, 3.05) is 0 Å². The van der Waals surface area contributed by atoms with Gasteiger partial charge >= 0.3 is 45.0 Å². The van der Waals surface area contributed by atoms with Crippen molar-refractivity contribution in [2.45, 2.75) is 48.0 Å². The Hall–Kier alpha value is -1.04. The lowest BCUT2D eigenvalue weighted by Crippen LogP contribution is -2.72. The maximum atomic E-state index is 13.0. The Bertz CT molecular complexity index is 615. The van der Waals surface area contributed by atoms with Gasteiger partial charge in [0.25, 0.3) is 0 Å². The summed E-state index contributed by atoms with van der Waals surface area (Å²) >= 11 is 0. The molecular weight excluding hydrogens is 437 g/mol. The van der Waals surface area contributed by atoms with Gasteiger partial charge in [-0.15, -0.1) is 0 Å². The lowest BCUT2D eigenvalue weighted by Gasteiger charge is -2.40.